The van der Waals surface area contributed by atoms with E-state index in [2.05, 4.69) is 10.6 Å². The van der Waals surface area contributed by atoms with Crippen LogP contribution in [0.4, 0.5) is 5.69 Å². The summed E-state index contributed by atoms with van der Waals surface area (Å²) >= 11 is 11.6. The second-order valence-corrected chi connectivity index (χ2v) is 4.81. The number of anilines is 1. The van der Waals surface area contributed by atoms with Gasteiger partial charge in [0.05, 0.1) is 10.7 Å². The highest BCUT2D eigenvalue weighted by Crippen LogP contribution is 2.25. The Balaban J connectivity index is 2.64. The maximum atomic E-state index is 11.6. The number of aliphatic hydroxyl groups is 1. The summed E-state index contributed by atoms with van der Waals surface area (Å²) in [4.78, 5) is 23.2. The summed E-state index contributed by atoms with van der Waals surface area (Å²) in [5.41, 5.74) is 0.268. The van der Waals surface area contributed by atoms with Gasteiger partial charge in [0.25, 0.3) is 0 Å². The molecule has 104 valence electrons. The number of halogens is 2. The fourth-order valence-electron chi connectivity index (χ4n) is 1.33. The van der Waals surface area contributed by atoms with Crippen LogP contribution in [-0.4, -0.2) is 29.6 Å². The van der Waals surface area contributed by atoms with Crippen LogP contribution < -0.4 is 10.6 Å². The van der Waals surface area contributed by atoms with E-state index in [1.165, 1.54) is 12.1 Å². The van der Waals surface area contributed by atoms with Gasteiger partial charge in [-0.2, -0.15) is 0 Å². The van der Waals surface area contributed by atoms with E-state index in [1.54, 1.807) is 13.0 Å². The molecule has 19 heavy (non-hydrogen) atoms. The molecule has 1 aromatic carbocycles. The summed E-state index contributed by atoms with van der Waals surface area (Å²) in [5, 5.41) is 14.2. The molecule has 0 unspecified atom stereocenters. The predicted molar refractivity (Wildman–Crippen MR) is 74.4 cm³/mol. The SMILES string of the molecule is C[C@H](CCO)NC(=O)C(=O)Nc1cc(Cl)ccc1Cl. The second kappa shape index (κ2) is 7.33. The lowest BCUT2D eigenvalue weighted by Crippen LogP contribution is -2.40. The molecular weight excluding hydrogens is 291 g/mol. The molecule has 7 heteroatoms. The first-order valence-electron chi connectivity index (χ1n) is 5.61. The third kappa shape index (κ3) is 5.06. The first-order valence-corrected chi connectivity index (χ1v) is 6.37. The van der Waals surface area contributed by atoms with Gasteiger partial charge in [-0.15, -0.1) is 0 Å². The average Bonchev–Trinajstić information content (AvgIpc) is 2.34. The molecule has 0 aliphatic heterocycles. The summed E-state index contributed by atoms with van der Waals surface area (Å²) < 4.78 is 0. The molecule has 0 spiro atoms. The van der Waals surface area contributed by atoms with Gasteiger partial charge >= 0.3 is 11.8 Å². The van der Waals surface area contributed by atoms with E-state index in [9.17, 15) is 9.59 Å². The zero-order chi connectivity index (χ0) is 14.4. The number of benzene rings is 1. The number of hydrogen-bond donors (Lipinski definition) is 3. The van der Waals surface area contributed by atoms with Crippen molar-refractivity contribution in [3.63, 3.8) is 0 Å². The van der Waals surface area contributed by atoms with E-state index in [0.717, 1.165) is 0 Å². The van der Waals surface area contributed by atoms with Crippen molar-refractivity contribution in [2.75, 3.05) is 11.9 Å². The van der Waals surface area contributed by atoms with Crippen LogP contribution >= 0.6 is 23.2 Å². The zero-order valence-electron chi connectivity index (χ0n) is 10.2. The number of rotatable bonds is 4. The van der Waals surface area contributed by atoms with Crippen molar-refractivity contribution in [1.29, 1.82) is 0 Å². The number of nitrogens with one attached hydrogen (secondary N) is 2. The Kier molecular flexibility index (Phi) is 6.08. The van der Waals surface area contributed by atoms with Crippen LogP contribution in [0, 0.1) is 0 Å². The van der Waals surface area contributed by atoms with Gasteiger partial charge in [0.1, 0.15) is 0 Å². The molecule has 0 bridgehead atoms. The van der Waals surface area contributed by atoms with E-state index >= 15 is 0 Å². The summed E-state index contributed by atoms with van der Waals surface area (Å²) in [6, 6.07) is 4.25. The molecule has 5 nitrogen and oxygen atoms in total. The molecule has 1 rings (SSSR count). The van der Waals surface area contributed by atoms with Crippen LogP contribution in [0.25, 0.3) is 0 Å². The van der Waals surface area contributed by atoms with Crippen LogP contribution in [0.3, 0.4) is 0 Å². The van der Waals surface area contributed by atoms with Gasteiger partial charge in [0, 0.05) is 17.7 Å². The van der Waals surface area contributed by atoms with Crippen LogP contribution in [0.5, 0.6) is 0 Å². The number of carbonyl (C=O) groups is 2. The second-order valence-electron chi connectivity index (χ2n) is 3.97. The number of amides is 2. The molecule has 0 aliphatic carbocycles. The lowest BCUT2D eigenvalue weighted by molar-refractivity contribution is -0.136. The minimum atomic E-state index is -0.839. The van der Waals surface area contributed by atoms with Gasteiger partial charge in [-0.05, 0) is 31.5 Å². The first-order chi connectivity index (χ1) is 8.93. The Morgan fingerprint density at radius 1 is 1.32 bits per heavy atom. The summed E-state index contributed by atoms with van der Waals surface area (Å²) in [7, 11) is 0. The zero-order valence-corrected chi connectivity index (χ0v) is 11.8. The van der Waals surface area contributed by atoms with Gasteiger partial charge in [-0.1, -0.05) is 23.2 Å². The van der Waals surface area contributed by atoms with Gasteiger partial charge < -0.3 is 15.7 Å². The Hall–Kier alpha value is -1.30. The highest BCUT2D eigenvalue weighted by Gasteiger charge is 2.17. The summed E-state index contributed by atoms with van der Waals surface area (Å²) in [6.45, 7) is 1.62. The van der Waals surface area contributed by atoms with E-state index in [4.69, 9.17) is 28.3 Å². The fraction of sp³-hybridized carbons (Fsp3) is 0.333. The molecule has 0 saturated heterocycles. The quantitative estimate of drug-likeness (QED) is 0.742. The van der Waals surface area contributed by atoms with Gasteiger partial charge in [0.2, 0.25) is 0 Å². The van der Waals surface area contributed by atoms with E-state index in [-0.39, 0.29) is 23.4 Å². The summed E-state index contributed by atoms with van der Waals surface area (Å²) in [5.74, 6) is -1.63. The van der Waals surface area contributed by atoms with Gasteiger partial charge in [-0.25, -0.2) is 0 Å². The van der Waals surface area contributed by atoms with E-state index in [0.29, 0.717) is 11.4 Å². The van der Waals surface area contributed by atoms with Crippen LogP contribution in [0.2, 0.25) is 10.0 Å². The third-order valence-electron chi connectivity index (χ3n) is 2.32. The number of carbonyl (C=O) groups excluding carboxylic acids is 2. The molecule has 0 aliphatic rings. The monoisotopic (exact) mass is 304 g/mol. The fourth-order valence-corrected chi connectivity index (χ4v) is 1.66. The molecule has 0 aromatic heterocycles. The van der Waals surface area contributed by atoms with Crippen LogP contribution in [-0.2, 0) is 9.59 Å². The molecule has 0 fully saturated rings. The lowest BCUT2D eigenvalue weighted by Gasteiger charge is -2.12. The normalized spacial score (nSPS) is 11.8. The van der Waals surface area contributed by atoms with Crippen molar-refractivity contribution in [2.45, 2.75) is 19.4 Å². The Bertz CT molecular complexity index is 480. The van der Waals surface area contributed by atoms with Gasteiger partial charge in [-0.3, -0.25) is 9.59 Å². The van der Waals surface area contributed by atoms with Crippen molar-refractivity contribution >= 4 is 40.7 Å². The van der Waals surface area contributed by atoms with Crippen molar-refractivity contribution < 1.29 is 14.7 Å². The van der Waals surface area contributed by atoms with E-state index in [1.807, 2.05) is 0 Å². The van der Waals surface area contributed by atoms with Crippen LogP contribution in [0.1, 0.15) is 13.3 Å². The molecule has 0 saturated carbocycles. The minimum absolute atomic E-state index is 0.0663. The molecule has 1 atom stereocenters. The molecule has 2 amide bonds. The minimum Gasteiger partial charge on any atom is -0.396 e. The van der Waals surface area contributed by atoms with Crippen molar-refractivity contribution in [3.05, 3.63) is 28.2 Å². The van der Waals surface area contributed by atoms with Crippen LogP contribution in [0.15, 0.2) is 18.2 Å². The van der Waals surface area contributed by atoms with Crippen molar-refractivity contribution in [2.24, 2.45) is 0 Å². The Morgan fingerprint density at radius 3 is 2.63 bits per heavy atom. The predicted octanol–water partition coefficient (Wildman–Crippen LogP) is 1.82. The van der Waals surface area contributed by atoms with Crippen molar-refractivity contribution in [1.82, 2.24) is 5.32 Å². The Morgan fingerprint density at radius 2 is 2.00 bits per heavy atom. The molecular formula is C12H14Cl2N2O3. The maximum Gasteiger partial charge on any atom is 0.313 e. The number of hydrogen-bond acceptors (Lipinski definition) is 3. The number of aliphatic hydroxyl groups excluding tert-OH is 1. The Labute approximate surface area is 120 Å². The standard InChI is InChI=1S/C12H14Cl2N2O3/c1-7(4-5-17)15-11(18)12(19)16-10-6-8(13)2-3-9(10)14/h2-3,6-7,17H,4-5H2,1H3,(H,15,18)(H,16,19)/t7-/m1/s1. The highest BCUT2D eigenvalue weighted by molar-refractivity contribution is 6.42. The smallest absolute Gasteiger partial charge is 0.313 e. The molecule has 0 heterocycles. The van der Waals surface area contributed by atoms with Gasteiger partial charge in [0.15, 0.2) is 0 Å². The molecule has 0 radical (unpaired) electrons. The third-order valence-corrected chi connectivity index (χ3v) is 2.89. The topological polar surface area (TPSA) is 78.4 Å². The average molecular weight is 305 g/mol. The van der Waals surface area contributed by atoms with E-state index < -0.39 is 11.8 Å². The lowest BCUT2D eigenvalue weighted by atomic mass is 10.2. The highest BCUT2D eigenvalue weighted by atomic mass is 35.5. The largest absolute Gasteiger partial charge is 0.396 e. The van der Waals surface area contributed by atoms with Crippen molar-refractivity contribution in [3.8, 4) is 0 Å². The molecule has 1 aromatic rings. The molecule has 3 N–H and O–H groups in total. The summed E-state index contributed by atoms with van der Waals surface area (Å²) in [6.07, 6.45) is 0.372. The first kappa shape index (κ1) is 15.8. The maximum absolute atomic E-state index is 11.6.